The number of allylic oxidation sites excluding steroid dienone is 4. The van der Waals surface area contributed by atoms with Crippen LogP contribution in [-0.4, -0.2) is 46.1 Å². The van der Waals surface area contributed by atoms with E-state index in [0.717, 1.165) is 44.9 Å². The Kier molecular flexibility index (Phi) is 47.5. The summed E-state index contributed by atoms with van der Waals surface area (Å²) in [4.78, 5) is 12.5. The zero-order valence-corrected chi connectivity index (χ0v) is 39.2. The van der Waals surface area contributed by atoms with Gasteiger partial charge in [-0.15, -0.1) is 0 Å². The Balaban J connectivity index is 3.61. The van der Waals surface area contributed by atoms with Crippen molar-refractivity contribution >= 4 is 5.91 Å². The van der Waals surface area contributed by atoms with Crippen molar-refractivity contribution in [3.63, 3.8) is 0 Å². The quantitative estimate of drug-likeness (QED) is 0.0364. The minimum Gasteiger partial charge on any atom is -0.394 e. The number of rotatable bonds is 48. The summed E-state index contributed by atoms with van der Waals surface area (Å²) in [5.41, 5.74) is 0. The molecule has 344 valence electrons. The van der Waals surface area contributed by atoms with Gasteiger partial charge in [0.25, 0.3) is 0 Å². The van der Waals surface area contributed by atoms with E-state index in [1.54, 1.807) is 0 Å². The molecule has 0 saturated heterocycles. The highest BCUT2D eigenvalue weighted by Crippen LogP contribution is 2.17. The van der Waals surface area contributed by atoms with Crippen molar-refractivity contribution in [2.24, 2.45) is 0 Å². The number of aliphatic hydroxyl groups is 3. The smallest absolute Gasteiger partial charge is 0.220 e. The van der Waals surface area contributed by atoms with Gasteiger partial charge in [-0.05, 0) is 51.4 Å². The van der Waals surface area contributed by atoms with Crippen LogP contribution in [-0.2, 0) is 4.79 Å². The molecule has 0 heterocycles. The van der Waals surface area contributed by atoms with Crippen LogP contribution < -0.4 is 5.32 Å². The van der Waals surface area contributed by atoms with Crippen LogP contribution in [0.15, 0.2) is 24.3 Å². The molecule has 1 amide bonds. The lowest BCUT2D eigenvalue weighted by molar-refractivity contribution is -0.124. The molecular formula is C53H103NO4. The second kappa shape index (κ2) is 48.5. The Morgan fingerprint density at radius 3 is 1.05 bits per heavy atom. The summed E-state index contributed by atoms with van der Waals surface area (Å²) in [6.07, 6.45) is 60.3. The molecule has 0 aromatic heterocycles. The molecule has 58 heavy (non-hydrogen) atoms. The molecule has 0 rings (SSSR count). The maximum atomic E-state index is 12.5. The molecule has 3 unspecified atom stereocenters. The van der Waals surface area contributed by atoms with Crippen LogP contribution in [0, 0.1) is 0 Å². The van der Waals surface area contributed by atoms with Crippen LogP contribution in [0.25, 0.3) is 0 Å². The first-order chi connectivity index (χ1) is 28.6. The number of carbonyl (C=O) groups is 1. The number of hydrogen-bond donors (Lipinski definition) is 4. The fourth-order valence-electron chi connectivity index (χ4n) is 8.24. The number of aliphatic hydroxyl groups excluding tert-OH is 3. The molecule has 0 aromatic carbocycles. The maximum Gasteiger partial charge on any atom is 0.220 e. The molecule has 0 aromatic rings. The first-order valence-corrected chi connectivity index (χ1v) is 26.1. The lowest BCUT2D eigenvalue weighted by Gasteiger charge is -2.26. The van der Waals surface area contributed by atoms with Crippen LogP contribution in [0.3, 0.4) is 0 Å². The van der Waals surface area contributed by atoms with E-state index < -0.39 is 18.2 Å². The molecule has 3 atom stereocenters. The third-order valence-corrected chi connectivity index (χ3v) is 12.3. The summed E-state index contributed by atoms with van der Waals surface area (Å²) in [7, 11) is 0. The fraction of sp³-hybridized carbons (Fsp3) is 0.906. The Morgan fingerprint density at radius 2 is 0.707 bits per heavy atom. The number of amides is 1. The molecular weight excluding hydrogens is 715 g/mol. The van der Waals surface area contributed by atoms with Gasteiger partial charge < -0.3 is 20.6 Å². The molecule has 0 bridgehead atoms. The first kappa shape index (κ1) is 56.8. The minimum absolute atomic E-state index is 0.153. The lowest BCUT2D eigenvalue weighted by atomic mass is 10.0. The molecule has 0 aliphatic carbocycles. The summed E-state index contributed by atoms with van der Waals surface area (Å²) < 4.78 is 0. The standard InChI is InChI=1S/C53H103NO4/c1-3-5-7-9-11-13-15-17-19-21-23-25-26-27-28-29-31-33-35-37-39-41-43-45-47-51(56)53(58)50(49-55)54-52(57)48-46-44-42-40-38-36-34-32-30-24-22-20-18-16-14-12-10-8-6-4-2/h31,33,39,41,50-51,53,55-56,58H,3-30,32,34-38,40,42-49H2,1-2H3,(H,54,57)/b33-31+,41-39+. The van der Waals surface area contributed by atoms with Gasteiger partial charge in [0.05, 0.1) is 18.8 Å². The number of hydrogen-bond acceptors (Lipinski definition) is 4. The van der Waals surface area contributed by atoms with E-state index >= 15 is 0 Å². The fourth-order valence-corrected chi connectivity index (χ4v) is 8.24. The molecule has 5 nitrogen and oxygen atoms in total. The summed E-state index contributed by atoms with van der Waals surface area (Å²) in [6, 6.07) is -0.829. The van der Waals surface area contributed by atoms with E-state index in [2.05, 4.69) is 43.5 Å². The van der Waals surface area contributed by atoms with Crippen molar-refractivity contribution in [2.75, 3.05) is 6.61 Å². The van der Waals surface area contributed by atoms with Crippen molar-refractivity contribution in [2.45, 2.75) is 302 Å². The lowest BCUT2D eigenvalue weighted by Crippen LogP contribution is -2.50. The van der Waals surface area contributed by atoms with E-state index in [9.17, 15) is 20.1 Å². The van der Waals surface area contributed by atoms with Gasteiger partial charge >= 0.3 is 0 Å². The van der Waals surface area contributed by atoms with E-state index in [1.807, 2.05) is 0 Å². The van der Waals surface area contributed by atoms with E-state index in [-0.39, 0.29) is 12.5 Å². The Morgan fingerprint density at radius 1 is 0.414 bits per heavy atom. The van der Waals surface area contributed by atoms with Crippen LogP contribution in [0.5, 0.6) is 0 Å². The number of unbranched alkanes of at least 4 members (excludes halogenated alkanes) is 36. The normalized spacial score (nSPS) is 13.5. The Hall–Kier alpha value is -1.17. The molecule has 0 aliphatic heterocycles. The Labute approximate surface area is 362 Å². The van der Waals surface area contributed by atoms with E-state index in [0.29, 0.717) is 12.8 Å². The van der Waals surface area contributed by atoms with Crippen LogP contribution in [0.2, 0.25) is 0 Å². The SMILES string of the molecule is CCCCCCCCCCCCCCCCC/C=C/CC/C=C/CCCC(O)C(O)C(CO)NC(=O)CCCCCCCCCCCCCCCCCCCCCC. The number of carbonyl (C=O) groups excluding carboxylic acids is 1. The van der Waals surface area contributed by atoms with Gasteiger partial charge in [0.2, 0.25) is 5.91 Å². The van der Waals surface area contributed by atoms with Gasteiger partial charge in [-0.25, -0.2) is 0 Å². The predicted molar refractivity (Wildman–Crippen MR) is 255 cm³/mol. The molecule has 0 radical (unpaired) electrons. The first-order valence-electron chi connectivity index (χ1n) is 26.1. The topological polar surface area (TPSA) is 89.8 Å². The van der Waals surface area contributed by atoms with E-state index in [1.165, 1.54) is 212 Å². The predicted octanol–water partition coefficient (Wildman–Crippen LogP) is 15.7. The van der Waals surface area contributed by atoms with E-state index in [4.69, 9.17) is 0 Å². The van der Waals surface area contributed by atoms with Crippen LogP contribution in [0.1, 0.15) is 284 Å². The average Bonchev–Trinajstić information content (AvgIpc) is 3.23. The van der Waals surface area contributed by atoms with Gasteiger partial charge in [-0.1, -0.05) is 250 Å². The highest BCUT2D eigenvalue weighted by atomic mass is 16.3. The molecule has 0 spiro atoms. The number of nitrogens with one attached hydrogen (secondary N) is 1. The highest BCUT2D eigenvalue weighted by molar-refractivity contribution is 5.76. The summed E-state index contributed by atoms with van der Waals surface area (Å²) >= 11 is 0. The monoisotopic (exact) mass is 818 g/mol. The molecule has 0 aliphatic rings. The van der Waals surface area contributed by atoms with Gasteiger partial charge in [-0.2, -0.15) is 0 Å². The minimum atomic E-state index is -1.16. The van der Waals surface area contributed by atoms with Gasteiger partial charge in [0, 0.05) is 6.42 Å². The van der Waals surface area contributed by atoms with Crippen molar-refractivity contribution in [3.8, 4) is 0 Å². The van der Waals surface area contributed by atoms with Crippen LogP contribution in [0.4, 0.5) is 0 Å². The second-order valence-electron chi connectivity index (χ2n) is 18.1. The van der Waals surface area contributed by atoms with Crippen molar-refractivity contribution in [1.82, 2.24) is 5.32 Å². The van der Waals surface area contributed by atoms with Crippen molar-refractivity contribution in [3.05, 3.63) is 24.3 Å². The van der Waals surface area contributed by atoms with Gasteiger partial charge in [-0.3, -0.25) is 4.79 Å². The Bertz CT molecular complexity index is 859. The molecule has 0 fully saturated rings. The van der Waals surface area contributed by atoms with Crippen molar-refractivity contribution < 1.29 is 20.1 Å². The molecule has 5 heteroatoms. The summed E-state index contributed by atoms with van der Waals surface area (Å²) in [5, 5.41) is 33.7. The zero-order chi connectivity index (χ0) is 42.3. The van der Waals surface area contributed by atoms with Gasteiger partial charge in [0.1, 0.15) is 6.10 Å². The van der Waals surface area contributed by atoms with Gasteiger partial charge in [0.15, 0.2) is 0 Å². The second-order valence-corrected chi connectivity index (χ2v) is 18.1. The van der Waals surface area contributed by atoms with Crippen molar-refractivity contribution in [1.29, 1.82) is 0 Å². The molecule has 4 N–H and O–H groups in total. The third-order valence-electron chi connectivity index (χ3n) is 12.3. The average molecular weight is 818 g/mol. The largest absolute Gasteiger partial charge is 0.394 e. The summed E-state index contributed by atoms with van der Waals surface area (Å²) in [6.45, 7) is 4.20. The van der Waals surface area contributed by atoms with Crippen LogP contribution >= 0.6 is 0 Å². The highest BCUT2D eigenvalue weighted by Gasteiger charge is 2.26. The zero-order valence-electron chi connectivity index (χ0n) is 39.2. The maximum absolute atomic E-state index is 12.5. The summed E-state index contributed by atoms with van der Waals surface area (Å²) in [5.74, 6) is -0.153. The molecule has 0 saturated carbocycles. The third kappa shape index (κ3) is 42.9.